The lowest BCUT2D eigenvalue weighted by molar-refractivity contribution is 2.50. The zero-order chi connectivity index (χ0) is 4.12. The number of hydrogen-bond acceptors (Lipinski definition) is 0. The Morgan fingerprint density at radius 3 is 2.17 bits per heavy atom. The lowest BCUT2D eigenvalue weighted by Crippen LogP contribution is -1.15. The Morgan fingerprint density at radius 2 is 2.17 bits per heavy atom. The summed E-state index contributed by atoms with van der Waals surface area (Å²) in [6, 6.07) is 0. The van der Waals surface area contributed by atoms with E-state index in [-0.39, 0.29) is 7.43 Å². The van der Waals surface area contributed by atoms with Crippen molar-refractivity contribution in [3.05, 3.63) is 0 Å². The topological polar surface area (TPSA) is 0 Å². The predicted octanol–water partition coefficient (Wildman–Crippen LogP) is 2.44. The van der Waals surface area contributed by atoms with Crippen LogP contribution in [0.1, 0.15) is 7.43 Å². The van der Waals surface area contributed by atoms with Gasteiger partial charge in [-0.05, 0) is 12.2 Å². The van der Waals surface area contributed by atoms with E-state index in [1.54, 1.807) is 0 Å². The average molecular weight is 232 g/mol. The molecule has 0 N–H and O–H groups in total. The van der Waals surface area contributed by atoms with Gasteiger partial charge in [0.15, 0.2) is 0 Å². The summed E-state index contributed by atoms with van der Waals surface area (Å²) in [5, 5.41) is 0. The maximum absolute atomic E-state index is 2.84. The zero-order valence-electron chi connectivity index (χ0n) is 2.46. The van der Waals surface area contributed by atoms with Crippen LogP contribution >= 0.6 is 39.8 Å². The Labute approximate surface area is 56.9 Å². The van der Waals surface area contributed by atoms with Crippen molar-refractivity contribution in [1.29, 1.82) is 0 Å². The van der Waals surface area contributed by atoms with Gasteiger partial charge in [-0.3, -0.25) is 0 Å². The van der Waals surface area contributed by atoms with Gasteiger partial charge in [-0.1, -0.05) is 13.1 Å². The molecule has 2 unspecified atom stereocenters. The highest BCUT2D eigenvalue weighted by atomic mass is 127. The Morgan fingerprint density at radius 1 is 1.67 bits per heavy atom. The summed E-state index contributed by atoms with van der Waals surface area (Å²) in [6.07, 6.45) is 0. The molecule has 0 amide bonds. The van der Waals surface area contributed by atoms with E-state index in [9.17, 15) is 0 Å². The van der Waals surface area contributed by atoms with Gasteiger partial charge in [0, 0.05) is 22.6 Å². The molecule has 0 bridgehead atoms. The summed E-state index contributed by atoms with van der Waals surface area (Å²) in [5.41, 5.74) is 2.84. The fraction of sp³-hybridized carbons (Fsp3) is 0.333. The third-order valence-electron chi connectivity index (χ3n) is 0.119. The number of halogens is 1. The van der Waals surface area contributed by atoms with E-state index in [0.717, 1.165) is 0 Å². The van der Waals surface area contributed by atoms with Crippen molar-refractivity contribution in [3.8, 4) is 9.59 Å². The highest BCUT2D eigenvalue weighted by Gasteiger charge is 1.48. The Hall–Kier alpha value is 1.15. The van der Waals surface area contributed by atoms with Gasteiger partial charge in [0.25, 0.3) is 0 Å². The third-order valence-corrected chi connectivity index (χ3v) is 1.60. The van der Waals surface area contributed by atoms with Gasteiger partial charge in [-0.25, -0.2) is 0 Å². The van der Waals surface area contributed by atoms with Crippen LogP contribution < -0.4 is 0 Å². The summed E-state index contributed by atoms with van der Waals surface area (Å²) in [6.45, 7) is 0. The van der Waals surface area contributed by atoms with Crippen LogP contribution in [-0.4, -0.2) is 0 Å². The molecule has 0 nitrogen and oxygen atoms in total. The molecule has 0 saturated carbocycles. The fourth-order valence-corrected chi connectivity index (χ4v) is 1.65. The predicted molar refractivity (Wildman–Crippen MR) is 46.6 cm³/mol. The Kier molecular flexibility index (Phi) is 16.1. The second-order valence-corrected chi connectivity index (χ2v) is 2.31. The van der Waals surface area contributed by atoms with Crippen molar-refractivity contribution in [1.82, 2.24) is 0 Å². The number of hydrogen-bond donors (Lipinski definition) is 0. The van der Waals surface area contributed by atoms with Gasteiger partial charge < -0.3 is 0 Å². The van der Waals surface area contributed by atoms with E-state index >= 15 is 0 Å². The molecule has 0 aromatic rings. The summed E-state index contributed by atoms with van der Waals surface area (Å²) in [5.74, 6) is 0. The third kappa shape index (κ3) is 8.94. The van der Waals surface area contributed by atoms with E-state index in [0.29, 0.717) is 8.27 Å². The van der Waals surface area contributed by atoms with Crippen LogP contribution in [0, 0.1) is 9.59 Å². The molecule has 0 radical (unpaired) electrons. The normalized spacial score (nSPS) is 6.33. The molecule has 0 aliphatic heterocycles. The van der Waals surface area contributed by atoms with E-state index in [1.165, 1.54) is 0 Å². The smallest absolute Gasteiger partial charge is 0.0185 e. The van der Waals surface area contributed by atoms with Crippen LogP contribution in [0.3, 0.4) is 0 Å². The van der Waals surface area contributed by atoms with Gasteiger partial charge >= 0.3 is 0 Å². The molecular formula is C3H7IP2. The molecule has 0 aromatic heterocycles. The van der Waals surface area contributed by atoms with Crippen molar-refractivity contribution in [3.63, 3.8) is 0 Å². The minimum atomic E-state index is 0. The van der Waals surface area contributed by atoms with Crippen molar-refractivity contribution in [2.45, 2.75) is 7.43 Å². The quantitative estimate of drug-likeness (QED) is 0.342. The molecule has 36 valence electrons. The first-order chi connectivity index (χ1) is 2.41. The van der Waals surface area contributed by atoms with E-state index < -0.39 is 0 Å². The summed E-state index contributed by atoms with van der Waals surface area (Å²) >= 11 is 2.02. The maximum Gasteiger partial charge on any atom is 0.0185 e. The summed E-state index contributed by atoms with van der Waals surface area (Å²) in [7, 11) is 3.25. The molecular weight excluding hydrogens is 225 g/mol. The lowest BCUT2D eigenvalue weighted by Gasteiger charge is -1.57. The Bertz CT molecular complexity index is 60.9. The second kappa shape index (κ2) is 9.47. The molecule has 0 fully saturated rings. The number of rotatable bonds is 0. The minimum Gasteiger partial charge on any atom is -0.101 e. The van der Waals surface area contributed by atoms with Gasteiger partial charge in [-0.2, -0.15) is 0 Å². The van der Waals surface area contributed by atoms with Crippen molar-refractivity contribution in [2.24, 2.45) is 0 Å². The zero-order valence-corrected chi connectivity index (χ0v) is 6.77. The standard InChI is InChI=1S/C2H3IP2.CH4/c3-1-2-5-4;/h5H,4H2;1H4. The van der Waals surface area contributed by atoms with Gasteiger partial charge in [-0.15, -0.1) is 8.93 Å². The van der Waals surface area contributed by atoms with Crippen molar-refractivity contribution in [2.75, 3.05) is 0 Å². The van der Waals surface area contributed by atoms with Crippen LogP contribution in [-0.2, 0) is 0 Å². The van der Waals surface area contributed by atoms with Crippen LogP contribution in [0.25, 0.3) is 0 Å². The van der Waals surface area contributed by atoms with Crippen LogP contribution in [0.2, 0.25) is 0 Å². The highest BCUT2D eigenvalue weighted by molar-refractivity contribution is 14.1. The molecule has 2 atom stereocenters. The van der Waals surface area contributed by atoms with E-state index in [4.69, 9.17) is 0 Å². The van der Waals surface area contributed by atoms with Gasteiger partial charge in [0.2, 0.25) is 0 Å². The molecule has 0 aliphatic rings. The first-order valence-corrected chi connectivity index (χ1v) is 4.87. The molecule has 3 heteroatoms. The first-order valence-electron chi connectivity index (χ1n) is 0.978. The van der Waals surface area contributed by atoms with Crippen LogP contribution in [0.5, 0.6) is 0 Å². The van der Waals surface area contributed by atoms with Crippen LogP contribution in [0.4, 0.5) is 0 Å². The van der Waals surface area contributed by atoms with Gasteiger partial charge in [0.1, 0.15) is 0 Å². The molecule has 0 spiro atoms. The SMILES string of the molecule is C.PPC#CI. The fourth-order valence-electron chi connectivity index (χ4n) is 0.0273. The van der Waals surface area contributed by atoms with Gasteiger partial charge in [0.05, 0.1) is 0 Å². The van der Waals surface area contributed by atoms with Crippen molar-refractivity contribution >= 4 is 39.8 Å². The largest absolute Gasteiger partial charge is 0.101 e. The first kappa shape index (κ1) is 10.2. The molecule has 0 aromatic carbocycles. The summed E-state index contributed by atoms with van der Waals surface area (Å²) in [4.78, 5) is 0. The minimum absolute atomic E-state index is 0. The molecule has 0 saturated heterocycles. The van der Waals surface area contributed by atoms with E-state index in [2.05, 4.69) is 18.5 Å². The Balaban J connectivity index is 0. The second-order valence-electron chi connectivity index (χ2n) is 0.364. The highest BCUT2D eigenvalue weighted by Crippen LogP contribution is 2.16. The molecule has 0 heterocycles. The van der Waals surface area contributed by atoms with Crippen molar-refractivity contribution < 1.29 is 0 Å². The maximum atomic E-state index is 2.84. The van der Waals surface area contributed by atoms with E-state index in [1.807, 2.05) is 22.6 Å². The molecule has 0 rings (SSSR count). The monoisotopic (exact) mass is 232 g/mol. The average Bonchev–Trinajstić information content (AvgIpc) is 1.41. The lowest BCUT2D eigenvalue weighted by atomic mass is 11.4. The molecule has 0 aliphatic carbocycles. The molecule has 6 heavy (non-hydrogen) atoms. The van der Waals surface area contributed by atoms with Crippen LogP contribution in [0.15, 0.2) is 0 Å². The summed E-state index contributed by atoms with van der Waals surface area (Å²) < 4.78 is 2.73.